The van der Waals surface area contributed by atoms with Gasteiger partial charge in [0.2, 0.25) is 0 Å². The van der Waals surface area contributed by atoms with Gasteiger partial charge in [-0.2, -0.15) is 0 Å². The minimum Gasteiger partial charge on any atom is -0.375 e. The second-order valence-corrected chi connectivity index (χ2v) is 3.67. The van der Waals surface area contributed by atoms with Crippen molar-refractivity contribution in [3.05, 3.63) is 12.7 Å². The van der Waals surface area contributed by atoms with E-state index in [0.29, 0.717) is 0 Å². The molecule has 1 atom stereocenters. The molecule has 1 unspecified atom stereocenters. The van der Waals surface area contributed by atoms with Crippen LogP contribution < -0.4 is 0 Å². The van der Waals surface area contributed by atoms with Crippen molar-refractivity contribution in [2.24, 2.45) is 0 Å². The van der Waals surface area contributed by atoms with Gasteiger partial charge < -0.3 is 4.74 Å². The van der Waals surface area contributed by atoms with Crippen LogP contribution in [0.1, 0.15) is 45.4 Å². The average Bonchev–Trinajstić information content (AvgIpc) is 2.55. The lowest BCUT2D eigenvalue weighted by Gasteiger charge is -2.26. The van der Waals surface area contributed by atoms with E-state index < -0.39 is 0 Å². The quantitative estimate of drug-likeness (QED) is 0.452. The van der Waals surface area contributed by atoms with Gasteiger partial charge in [-0.05, 0) is 38.5 Å². The van der Waals surface area contributed by atoms with E-state index in [1.54, 1.807) is 0 Å². The number of allylic oxidation sites excluding steroid dienone is 1. The van der Waals surface area contributed by atoms with Gasteiger partial charge in [0.1, 0.15) is 0 Å². The smallest absolute Gasteiger partial charge is 0.0680 e. The van der Waals surface area contributed by atoms with E-state index in [1.807, 2.05) is 6.08 Å². The molecule has 0 amide bonds. The van der Waals surface area contributed by atoms with Crippen LogP contribution in [0.2, 0.25) is 0 Å². The SMILES string of the molecule is C=CCCCC1(CC)CCCO1. The van der Waals surface area contributed by atoms with Gasteiger partial charge >= 0.3 is 0 Å². The van der Waals surface area contributed by atoms with Crippen LogP contribution >= 0.6 is 0 Å². The van der Waals surface area contributed by atoms with E-state index in [1.165, 1.54) is 32.1 Å². The Labute approximate surface area is 75.8 Å². The summed E-state index contributed by atoms with van der Waals surface area (Å²) in [6, 6.07) is 0. The van der Waals surface area contributed by atoms with Gasteiger partial charge in [0.25, 0.3) is 0 Å². The first-order valence-electron chi connectivity index (χ1n) is 5.08. The minimum absolute atomic E-state index is 0.239. The van der Waals surface area contributed by atoms with Gasteiger partial charge in [-0.1, -0.05) is 13.0 Å². The molecule has 0 spiro atoms. The Kier molecular flexibility index (Phi) is 3.80. The topological polar surface area (TPSA) is 9.23 Å². The lowest BCUT2D eigenvalue weighted by molar-refractivity contribution is -0.00706. The van der Waals surface area contributed by atoms with Crippen molar-refractivity contribution in [3.8, 4) is 0 Å². The molecule has 1 nitrogen and oxygen atoms in total. The van der Waals surface area contributed by atoms with Crippen LogP contribution in [-0.2, 0) is 4.74 Å². The lowest BCUT2D eigenvalue weighted by Crippen LogP contribution is -2.26. The first-order chi connectivity index (χ1) is 5.83. The van der Waals surface area contributed by atoms with Crippen molar-refractivity contribution in [3.63, 3.8) is 0 Å². The lowest BCUT2D eigenvalue weighted by atomic mass is 9.91. The normalized spacial score (nSPS) is 29.1. The first-order valence-corrected chi connectivity index (χ1v) is 5.08. The van der Waals surface area contributed by atoms with E-state index in [-0.39, 0.29) is 5.60 Å². The van der Waals surface area contributed by atoms with Crippen LogP contribution in [0.15, 0.2) is 12.7 Å². The molecule has 0 bridgehead atoms. The highest BCUT2D eigenvalue weighted by Crippen LogP contribution is 2.33. The Morgan fingerprint density at radius 3 is 2.92 bits per heavy atom. The van der Waals surface area contributed by atoms with Crippen LogP contribution in [0, 0.1) is 0 Å². The maximum atomic E-state index is 5.80. The second kappa shape index (κ2) is 4.66. The predicted octanol–water partition coefficient (Wildman–Crippen LogP) is 3.30. The third-order valence-electron chi connectivity index (χ3n) is 2.87. The van der Waals surface area contributed by atoms with Gasteiger partial charge in [0.15, 0.2) is 0 Å². The van der Waals surface area contributed by atoms with Gasteiger partial charge in [-0.3, -0.25) is 0 Å². The molecule has 0 radical (unpaired) electrons. The molecule has 1 fully saturated rings. The molecule has 1 saturated heterocycles. The van der Waals surface area contributed by atoms with Crippen LogP contribution in [0.25, 0.3) is 0 Å². The fraction of sp³-hybridized carbons (Fsp3) is 0.818. The Morgan fingerprint density at radius 1 is 1.58 bits per heavy atom. The average molecular weight is 168 g/mol. The largest absolute Gasteiger partial charge is 0.375 e. The standard InChI is InChI=1S/C11H20O/c1-3-5-6-8-11(4-2)9-7-10-12-11/h3H,1,4-10H2,2H3. The van der Waals surface area contributed by atoms with Crippen LogP contribution in [0.3, 0.4) is 0 Å². The molecule has 1 aliphatic heterocycles. The third kappa shape index (κ3) is 2.34. The van der Waals surface area contributed by atoms with Crippen molar-refractivity contribution in [1.29, 1.82) is 0 Å². The van der Waals surface area contributed by atoms with E-state index >= 15 is 0 Å². The summed E-state index contributed by atoms with van der Waals surface area (Å²) >= 11 is 0. The second-order valence-electron chi connectivity index (χ2n) is 3.67. The molecule has 0 saturated carbocycles. The molecule has 1 heterocycles. The molecule has 12 heavy (non-hydrogen) atoms. The van der Waals surface area contributed by atoms with Gasteiger partial charge in [-0.15, -0.1) is 6.58 Å². The van der Waals surface area contributed by atoms with Gasteiger partial charge in [0.05, 0.1) is 5.60 Å². The maximum Gasteiger partial charge on any atom is 0.0680 e. The third-order valence-corrected chi connectivity index (χ3v) is 2.87. The zero-order valence-corrected chi connectivity index (χ0v) is 8.14. The number of unbranched alkanes of at least 4 members (excludes halogenated alkanes) is 1. The molecule has 1 heteroatoms. The number of rotatable bonds is 5. The molecule has 1 aliphatic rings. The zero-order chi connectivity index (χ0) is 8.86. The number of ether oxygens (including phenoxy) is 1. The van der Waals surface area contributed by atoms with Crippen molar-refractivity contribution >= 4 is 0 Å². The summed E-state index contributed by atoms with van der Waals surface area (Å²) < 4.78 is 5.80. The molecule has 70 valence electrons. The van der Waals surface area contributed by atoms with Crippen molar-refractivity contribution in [2.45, 2.75) is 51.0 Å². The first kappa shape index (κ1) is 9.79. The van der Waals surface area contributed by atoms with Crippen molar-refractivity contribution in [2.75, 3.05) is 6.61 Å². The Morgan fingerprint density at radius 2 is 2.42 bits per heavy atom. The monoisotopic (exact) mass is 168 g/mol. The predicted molar refractivity (Wildman–Crippen MR) is 52.3 cm³/mol. The fourth-order valence-corrected chi connectivity index (χ4v) is 1.98. The molecular weight excluding hydrogens is 148 g/mol. The highest BCUT2D eigenvalue weighted by atomic mass is 16.5. The summed E-state index contributed by atoms with van der Waals surface area (Å²) in [6.07, 6.45) is 9.27. The fourth-order valence-electron chi connectivity index (χ4n) is 1.98. The maximum absolute atomic E-state index is 5.80. The molecule has 0 aliphatic carbocycles. The summed E-state index contributed by atoms with van der Waals surface area (Å²) in [5.41, 5.74) is 0.239. The zero-order valence-electron chi connectivity index (χ0n) is 8.14. The Bertz CT molecular complexity index is 134. The van der Waals surface area contributed by atoms with Crippen LogP contribution in [-0.4, -0.2) is 12.2 Å². The molecule has 1 rings (SSSR count). The van der Waals surface area contributed by atoms with Crippen molar-refractivity contribution < 1.29 is 4.74 Å². The molecular formula is C11H20O. The summed E-state index contributed by atoms with van der Waals surface area (Å²) in [5.74, 6) is 0. The molecule has 0 N–H and O–H groups in total. The van der Waals surface area contributed by atoms with Crippen LogP contribution in [0.5, 0.6) is 0 Å². The number of hydrogen-bond donors (Lipinski definition) is 0. The van der Waals surface area contributed by atoms with Gasteiger partial charge in [0, 0.05) is 6.61 Å². The molecule has 0 aromatic heterocycles. The van der Waals surface area contributed by atoms with E-state index in [4.69, 9.17) is 4.74 Å². The highest BCUT2D eigenvalue weighted by Gasteiger charge is 2.31. The Balaban J connectivity index is 2.28. The number of hydrogen-bond acceptors (Lipinski definition) is 1. The van der Waals surface area contributed by atoms with E-state index in [0.717, 1.165) is 13.0 Å². The van der Waals surface area contributed by atoms with Crippen molar-refractivity contribution in [1.82, 2.24) is 0 Å². The van der Waals surface area contributed by atoms with Gasteiger partial charge in [-0.25, -0.2) is 0 Å². The molecule has 0 aromatic carbocycles. The minimum atomic E-state index is 0.239. The van der Waals surface area contributed by atoms with E-state index in [9.17, 15) is 0 Å². The summed E-state index contributed by atoms with van der Waals surface area (Å²) in [4.78, 5) is 0. The van der Waals surface area contributed by atoms with Crippen LogP contribution in [0.4, 0.5) is 0 Å². The Hall–Kier alpha value is -0.300. The summed E-state index contributed by atoms with van der Waals surface area (Å²) in [7, 11) is 0. The summed E-state index contributed by atoms with van der Waals surface area (Å²) in [5, 5.41) is 0. The summed E-state index contributed by atoms with van der Waals surface area (Å²) in [6.45, 7) is 6.94. The molecule has 0 aromatic rings. The highest BCUT2D eigenvalue weighted by molar-refractivity contribution is 4.84. The van der Waals surface area contributed by atoms with E-state index in [2.05, 4.69) is 13.5 Å².